The number of hydrogen-bond donors (Lipinski definition) is 1. The summed E-state index contributed by atoms with van der Waals surface area (Å²) in [6.45, 7) is 1.88. The minimum atomic E-state index is -3.50. The van der Waals surface area contributed by atoms with Crippen molar-refractivity contribution >= 4 is 63.8 Å². The molecule has 0 bridgehead atoms. The van der Waals surface area contributed by atoms with E-state index in [1.807, 2.05) is 6.92 Å². The van der Waals surface area contributed by atoms with Gasteiger partial charge in [-0.25, -0.2) is 8.42 Å². The standard InChI is InChI=1S/C7H8ClNO2S.ClH.Na.2H2O.H/c1-6-2-4-7(5-3-6)12(10,11)9-8;;;;;/h2-5,9H,1H3;1H;;2*1H2;. The molecule has 0 aliphatic rings. The van der Waals surface area contributed by atoms with Crippen LogP contribution in [0.3, 0.4) is 0 Å². The van der Waals surface area contributed by atoms with Gasteiger partial charge in [-0.3, -0.25) is 0 Å². The number of hydrogen-bond acceptors (Lipinski definition) is 2. The molecule has 0 saturated carbocycles. The Morgan fingerprint density at radius 2 is 1.50 bits per heavy atom. The van der Waals surface area contributed by atoms with Crippen LogP contribution in [0.2, 0.25) is 0 Å². The van der Waals surface area contributed by atoms with E-state index in [9.17, 15) is 8.42 Å². The van der Waals surface area contributed by atoms with Gasteiger partial charge in [-0.2, -0.15) is 0 Å². The van der Waals surface area contributed by atoms with Crippen molar-refractivity contribution < 1.29 is 19.4 Å². The van der Waals surface area contributed by atoms with Gasteiger partial charge in [0.05, 0.1) is 4.90 Å². The number of halogens is 2. The van der Waals surface area contributed by atoms with Crippen LogP contribution in [0, 0.1) is 6.92 Å². The zero-order valence-electron chi connectivity index (χ0n) is 7.82. The van der Waals surface area contributed by atoms with Crippen LogP contribution in [0.5, 0.6) is 0 Å². The van der Waals surface area contributed by atoms with Gasteiger partial charge in [0, 0.05) is 0 Å². The van der Waals surface area contributed by atoms with E-state index in [-0.39, 0.29) is 57.8 Å². The van der Waals surface area contributed by atoms with Crippen molar-refractivity contribution in [2.45, 2.75) is 11.8 Å². The molecule has 0 aliphatic carbocycles. The molecule has 16 heavy (non-hydrogen) atoms. The Kier molecular flexibility index (Phi) is 17.1. The Balaban J connectivity index is -0.000000180. The van der Waals surface area contributed by atoms with Gasteiger partial charge in [0.25, 0.3) is 10.0 Å². The molecule has 5 N–H and O–H groups in total. The molecule has 1 aromatic carbocycles. The molecule has 0 amide bonds. The van der Waals surface area contributed by atoms with Crippen molar-refractivity contribution in [1.29, 1.82) is 0 Å². The average molecular weight is 302 g/mol. The van der Waals surface area contributed by atoms with E-state index >= 15 is 0 Å². The third-order valence-corrected chi connectivity index (χ3v) is 3.14. The third-order valence-electron chi connectivity index (χ3n) is 1.43. The van der Waals surface area contributed by atoms with Gasteiger partial charge in [0.1, 0.15) is 0 Å². The van der Waals surface area contributed by atoms with Gasteiger partial charge in [0.15, 0.2) is 0 Å². The summed E-state index contributed by atoms with van der Waals surface area (Å²) in [4.78, 5) is 0.170. The number of nitrogens with one attached hydrogen (secondary N) is 1. The van der Waals surface area contributed by atoms with E-state index in [1.54, 1.807) is 16.4 Å². The summed E-state index contributed by atoms with van der Waals surface area (Å²) < 4.78 is 23.9. The van der Waals surface area contributed by atoms with Crippen LogP contribution in [0.25, 0.3) is 0 Å². The van der Waals surface area contributed by atoms with Crippen LogP contribution in [0.4, 0.5) is 0 Å². The van der Waals surface area contributed by atoms with Crippen molar-refractivity contribution in [2.75, 3.05) is 0 Å². The first-order valence-electron chi connectivity index (χ1n) is 3.25. The molecule has 0 aliphatic heterocycles. The first-order chi connectivity index (χ1) is 5.56. The first-order valence-corrected chi connectivity index (χ1v) is 5.11. The van der Waals surface area contributed by atoms with Crippen LogP contribution in [-0.2, 0) is 10.0 Å². The summed E-state index contributed by atoms with van der Waals surface area (Å²) >= 11 is 5.03. The monoisotopic (exact) mass is 301 g/mol. The third kappa shape index (κ3) is 7.05. The Bertz CT molecular complexity index is 370. The normalized spacial score (nSPS) is 8.62. The zero-order valence-corrected chi connectivity index (χ0v) is 10.2. The second kappa shape index (κ2) is 10.8. The SMILES string of the molecule is Cc1ccc(S(=O)(=O)NCl)cc1.Cl.O.O.[NaH]. The molecule has 1 rings (SSSR count). The molecular formula is C7H14Cl2NNaO4S. The van der Waals surface area contributed by atoms with Crippen molar-refractivity contribution in [2.24, 2.45) is 0 Å². The average Bonchev–Trinajstić information content (AvgIpc) is 2.05. The van der Waals surface area contributed by atoms with Crippen LogP contribution in [-0.4, -0.2) is 48.9 Å². The number of rotatable bonds is 2. The van der Waals surface area contributed by atoms with Crippen LogP contribution in [0.15, 0.2) is 29.2 Å². The molecule has 9 heteroatoms. The Labute approximate surface area is 128 Å². The quantitative estimate of drug-likeness (QED) is 0.590. The summed E-state index contributed by atoms with van der Waals surface area (Å²) in [5.74, 6) is 0. The van der Waals surface area contributed by atoms with E-state index in [0.717, 1.165) is 5.56 Å². The molecule has 0 aromatic heterocycles. The summed E-state index contributed by atoms with van der Waals surface area (Å²) in [5.41, 5.74) is 1.00. The second-order valence-corrected chi connectivity index (χ2v) is 4.49. The van der Waals surface area contributed by atoms with Crippen molar-refractivity contribution in [1.82, 2.24) is 4.24 Å². The minimum absolute atomic E-state index is 0. The predicted octanol–water partition coefficient (Wildman–Crippen LogP) is -0.449. The van der Waals surface area contributed by atoms with Crippen LogP contribution in [0.1, 0.15) is 5.56 Å². The molecule has 0 heterocycles. The summed E-state index contributed by atoms with van der Waals surface area (Å²) in [6, 6.07) is 6.42. The predicted molar refractivity (Wildman–Crippen MR) is 69.0 cm³/mol. The Hall–Kier alpha value is 0.630. The Morgan fingerprint density at radius 3 is 1.81 bits per heavy atom. The topological polar surface area (TPSA) is 109 Å². The summed E-state index contributed by atoms with van der Waals surface area (Å²) in [5, 5.41) is 0. The summed E-state index contributed by atoms with van der Waals surface area (Å²) in [7, 11) is -3.50. The first kappa shape index (κ1) is 25.5. The fraction of sp³-hybridized carbons (Fsp3) is 0.143. The van der Waals surface area contributed by atoms with Gasteiger partial charge < -0.3 is 11.0 Å². The van der Waals surface area contributed by atoms with E-state index < -0.39 is 10.0 Å². The summed E-state index contributed by atoms with van der Waals surface area (Å²) in [6.07, 6.45) is 0. The molecule has 0 atom stereocenters. The molecule has 1 aromatic rings. The number of sulfonamides is 1. The van der Waals surface area contributed by atoms with Gasteiger partial charge in [-0.15, -0.1) is 16.6 Å². The van der Waals surface area contributed by atoms with E-state index in [1.165, 1.54) is 12.1 Å². The molecule has 0 saturated heterocycles. The molecule has 0 unspecified atom stereocenters. The van der Waals surface area contributed by atoms with E-state index in [2.05, 4.69) is 0 Å². The van der Waals surface area contributed by atoms with Crippen LogP contribution >= 0.6 is 24.2 Å². The van der Waals surface area contributed by atoms with Crippen molar-refractivity contribution in [3.05, 3.63) is 29.8 Å². The molecular weight excluding hydrogens is 288 g/mol. The van der Waals surface area contributed by atoms with Crippen molar-refractivity contribution in [3.63, 3.8) is 0 Å². The van der Waals surface area contributed by atoms with Crippen LogP contribution < -0.4 is 4.24 Å². The Morgan fingerprint density at radius 1 is 1.12 bits per heavy atom. The zero-order chi connectivity index (χ0) is 9.19. The fourth-order valence-corrected chi connectivity index (χ4v) is 1.61. The van der Waals surface area contributed by atoms with Gasteiger partial charge >= 0.3 is 29.6 Å². The van der Waals surface area contributed by atoms with Gasteiger partial charge in [-0.1, -0.05) is 17.7 Å². The maximum atomic E-state index is 11.1. The second-order valence-electron chi connectivity index (χ2n) is 2.39. The molecule has 0 radical (unpaired) electrons. The number of aryl methyl sites for hydroxylation is 1. The van der Waals surface area contributed by atoms with Gasteiger partial charge in [0.2, 0.25) is 0 Å². The van der Waals surface area contributed by atoms with E-state index in [0.29, 0.717) is 0 Å². The number of benzene rings is 1. The molecule has 0 fully saturated rings. The maximum absolute atomic E-state index is 11.1. The molecule has 92 valence electrons. The molecule has 5 nitrogen and oxygen atoms in total. The van der Waals surface area contributed by atoms with Crippen molar-refractivity contribution in [3.8, 4) is 0 Å². The molecule has 0 spiro atoms. The fourth-order valence-electron chi connectivity index (χ4n) is 0.762. The van der Waals surface area contributed by atoms with Gasteiger partial charge in [-0.05, 0) is 30.8 Å². The van der Waals surface area contributed by atoms with E-state index in [4.69, 9.17) is 11.8 Å².